The summed E-state index contributed by atoms with van der Waals surface area (Å²) in [6, 6.07) is 0.457. The van der Waals surface area contributed by atoms with Gasteiger partial charge in [0.05, 0.1) is 0 Å². The van der Waals surface area contributed by atoms with E-state index in [9.17, 15) is 0 Å². The molecule has 0 aliphatic carbocycles. The molecule has 1 aromatic heterocycles. The molecule has 1 unspecified atom stereocenters. The minimum Gasteiger partial charge on any atom is -0.353 e. The molecule has 3 heteroatoms. The van der Waals surface area contributed by atoms with Gasteiger partial charge in [-0.3, -0.25) is 0 Å². The number of anilines is 1. The zero-order valence-electron chi connectivity index (χ0n) is 10.5. The summed E-state index contributed by atoms with van der Waals surface area (Å²) < 4.78 is 2.18. The van der Waals surface area contributed by atoms with Gasteiger partial charge >= 0.3 is 0 Å². The van der Waals surface area contributed by atoms with Crippen LogP contribution in [0.25, 0.3) is 0 Å². The topological polar surface area (TPSA) is 29.9 Å². The van der Waals surface area contributed by atoms with Gasteiger partial charge < -0.3 is 9.88 Å². The Morgan fingerprint density at radius 3 is 2.47 bits per heavy atom. The van der Waals surface area contributed by atoms with E-state index in [1.54, 1.807) is 0 Å². The highest BCUT2D eigenvalue weighted by Gasteiger charge is 2.10. The number of hydrogen-bond acceptors (Lipinski definition) is 2. The molecular formula is C12H23N3. The van der Waals surface area contributed by atoms with E-state index >= 15 is 0 Å². The van der Waals surface area contributed by atoms with Gasteiger partial charge in [0.15, 0.2) is 0 Å². The third kappa shape index (κ3) is 3.57. The molecule has 0 aliphatic rings. The van der Waals surface area contributed by atoms with Crippen LogP contribution in [-0.4, -0.2) is 15.6 Å². The van der Waals surface area contributed by atoms with E-state index in [-0.39, 0.29) is 0 Å². The molecule has 1 atom stereocenters. The van der Waals surface area contributed by atoms with Crippen LogP contribution in [-0.2, 0) is 6.54 Å². The first-order valence-corrected chi connectivity index (χ1v) is 5.78. The lowest BCUT2D eigenvalue weighted by Crippen LogP contribution is -2.24. The van der Waals surface area contributed by atoms with Crippen molar-refractivity contribution in [3.05, 3.63) is 12.4 Å². The van der Waals surface area contributed by atoms with Crippen LogP contribution in [0, 0.1) is 11.8 Å². The number of hydrogen-bond donors (Lipinski definition) is 1. The molecule has 0 amide bonds. The van der Waals surface area contributed by atoms with Crippen LogP contribution in [0.4, 0.5) is 5.95 Å². The van der Waals surface area contributed by atoms with Crippen LogP contribution >= 0.6 is 0 Å². The lowest BCUT2D eigenvalue weighted by molar-refractivity contribution is 0.512. The predicted octanol–water partition coefficient (Wildman–Crippen LogP) is 3.00. The smallest absolute Gasteiger partial charge is 0.202 e. The molecule has 1 N–H and O–H groups in total. The fraction of sp³-hybridized carbons (Fsp3) is 0.750. The zero-order valence-corrected chi connectivity index (χ0v) is 10.5. The average molecular weight is 209 g/mol. The summed E-state index contributed by atoms with van der Waals surface area (Å²) in [5.74, 6) is 2.26. The van der Waals surface area contributed by atoms with Crippen LogP contribution in [0.3, 0.4) is 0 Å². The summed E-state index contributed by atoms with van der Waals surface area (Å²) in [6.45, 7) is 12.1. The third-order valence-corrected chi connectivity index (χ3v) is 2.63. The number of rotatable bonds is 5. The Kier molecular flexibility index (Phi) is 4.18. The number of imidazole rings is 1. The van der Waals surface area contributed by atoms with E-state index in [1.165, 1.54) is 0 Å². The fourth-order valence-electron chi connectivity index (χ4n) is 1.36. The lowest BCUT2D eigenvalue weighted by atomic mass is 10.1. The van der Waals surface area contributed by atoms with Crippen molar-refractivity contribution < 1.29 is 0 Å². The van der Waals surface area contributed by atoms with E-state index < -0.39 is 0 Å². The second-order valence-electron chi connectivity index (χ2n) is 4.97. The van der Waals surface area contributed by atoms with Gasteiger partial charge in [-0.2, -0.15) is 0 Å². The first-order chi connectivity index (χ1) is 7.00. The quantitative estimate of drug-likeness (QED) is 0.808. The van der Waals surface area contributed by atoms with Gasteiger partial charge in [0, 0.05) is 25.0 Å². The molecule has 0 bridgehead atoms. The SMILES string of the molecule is CC(C)Cn1ccnc1NC(C)C(C)C. The lowest BCUT2D eigenvalue weighted by Gasteiger charge is -2.19. The molecule has 1 heterocycles. The number of aromatic nitrogens is 2. The molecule has 0 saturated heterocycles. The molecule has 0 aromatic carbocycles. The molecule has 1 rings (SSSR count). The van der Waals surface area contributed by atoms with E-state index in [0.717, 1.165) is 12.5 Å². The minimum atomic E-state index is 0.457. The Morgan fingerprint density at radius 1 is 1.27 bits per heavy atom. The van der Waals surface area contributed by atoms with E-state index in [1.807, 2.05) is 12.4 Å². The van der Waals surface area contributed by atoms with Crippen LogP contribution < -0.4 is 5.32 Å². The number of nitrogens with one attached hydrogen (secondary N) is 1. The van der Waals surface area contributed by atoms with E-state index in [4.69, 9.17) is 0 Å². The Bertz CT molecular complexity index is 289. The third-order valence-electron chi connectivity index (χ3n) is 2.63. The van der Waals surface area contributed by atoms with E-state index in [2.05, 4.69) is 49.5 Å². The van der Waals surface area contributed by atoms with Gasteiger partial charge in [0.25, 0.3) is 0 Å². The van der Waals surface area contributed by atoms with Crippen molar-refractivity contribution in [2.24, 2.45) is 11.8 Å². The van der Waals surface area contributed by atoms with Crippen molar-refractivity contribution in [1.82, 2.24) is 9.55 Å². The van der Waals surface area contributed by atoms with Gasteiger partial charge in [-0.1, -0.05) is 27.7 Å². The van der Waals surface area contributed by atoms with Crippen molar-refractivity contribution in [2.75, 3.05) is 5.32 Å². The molecule has 15 heavy (non-hydrogen) atoms. The summed E-state index contributed by atoms with van der Waals surface area (Å²) in [7, 11) is 0. The predicted molar refractivity (Wildman–Crippen MR) is 65.0 cm³/mol. The summed E-state index contributed by atoms with van der Waals surface area (Å²) in [5.41, 5.74) is 0. The summed E-state index contributed by atoms with van der Waals surface area (Å²) >= 11 is 0. The Hall–Kier alpha value is -0.990. The molecule has 0 radical (unpaired) electrons. The van der Waals surface area contributed by atoms with Gasteiger partial charge in [-0.25, -0.2) is 4.98 Å². The van der Waals surface area contributed by atoms with Crippen molar-refractivity contribution >= 4 is 5.95 Å². The highest BCUT2D eigenvalue weighted by atomic mass is 15.2. The Balaban J connectivity index is 2.64. The monoisotopic (exact) mass is 209 g/mol. The zero-order chi connectivity index (χ0) is 11.4. The first kappa shape index (κ1) is 12.1. The van der Waals surface area contributed by atoms with Crippen molar-refractivity contribution in [1.29, 1.82) is 0 Å². The number of nitrogens with zero attached hydrogens (tertiary/aromatic N) is 2. The van der Waals surface area contributed by atoms with Crippen molar-refractivity contribution in [2.45, 2.75) is 47.2 Å². The first-order valence-electron chi connectivity index (χ1n) is 5.78. The summed E-state index contributed by atoms with van der Waals surface area (Å²) in [5, 5.41) is 3.45. The van der Waals surface area contributed by atoms with E-state index in [0.29, 0.717) is 17.9 Å². The maximum Gasteiger partial charge on any atom is 0.202 e. The fourth-order valence-corrected chi connectivity index (χ4v) is 1.36. The Labute approximate surface area is 92.9 Å². The molecule has 0 spiro atoms. The Morgan fingerprint density at radius 2 is 1.93 bits per heavy atom. The molecule has 1 aromatic rings. The largest absolute Gasteiger partial charge is 0.353 e. The van der Waals surface area contributed by atoms with Gasteiger partial charge in [0.1, 0.15) is 0 Å². The average Bonchev–Trinajstić information content (AvgIpc) is 2.51. The van der Waals surface area contributed by atoms with Gasteiger partial charge in [-0.15, -0.1) is 0 Å². The van der Waals surface area contributed by atoms with Gasteiger partial charge in [0.2, 0.25) is 5.95 Å². The van der Waals surface area contributed by atoms with Crippen molar-refractivity contribution in [3.63, 3.8) is 0 Å². The van der Waals surface area contributed by atoms with Crippen LogP contribution in [0.15, 0.2) is 12.4 Å². The summed E-state index contributed by atoms with van der Waals surface area (Å²) in [4.78, 5) is 4.34. The molecule has 86 valence electrons. The second-order valence-corrected chi connectivity index (χ2v) is 4.97. The molecule has 0 fully saturated rings. The van der Waals surface area contributed by atoms with Crippen LogP contribution in [0.5, 0.6) is 0 Å². The minimum absolute atomic E-state index is 0.457. The molecular weight excluding hydrogens is 186 g/mol. The van der Waals surface area contributed by atoms with Gasteiger partial charge in [-0.05, 0) is 18.8 Å². The summed E-state index contributed by atoms with van der Waals surface area (Å²) in [6.07, 6.45) is 3.90. The van der Waals surface area contributed by atoms with Crippen molar-refractivity contribution in [3.8, 4) is 0 Å². The standard InChI is InChI=1S/C12H23N3/c1-9(2)8-15-7-6-13-12(15)14-11(5)10(3)4/h6-7,9-11H,8H2,1-5H3,(H,13,14). The normalized spacial score (nSPS) is 13.5. The second kappa shape index (κ2) is 5.19. The molecule has 0 saturated carbocycles. The maximum atomic E-state index is 4.34. The molecule has 3 nitrogen and oxygen atoms in total. The maximum absolute atomic E-state index is 4.34. The molecule has 0 aliphatic heterocycles. The highest BCUT2D eigenvalue weighted by Crippen LogP contribution is 2.12. The van der Waals surface area contributed by atoms with Crippen LogP contribution in [0.1, 0.15) is 34.6 Å². The van der Waals surface area contributed by atoms with Crippen LogP contribution in [0.2, 0.25) is 0 Å². The highest BCUT2D eigenvalue weighted by molar-refractivity contribution is 5.27.